The molecule has 1 heterocycles. The van der Waals surface area contributed by atoms with Crippen LogP contribution in [-0.2, 0) is 21.2 Å². The minimum absolute atomic E-state index is 0.113. The third kappa shape index (κ3) is 6.01. The molecule has 0 radical (unpaired) electrons. The molecule has 0 bridgehead atoms. The highest BCUT2D eigenvalue weighted by atomic mass is 35.5. The van der Waals surface area contributed by atoms with Gasteiger partial charge in [-0.1, -0.05) is 23.7 Å². The molecular formula is C20H23ClN2O5S. The fourth-order valence-electron chi connectivity index (χ4n) is 3.00. The molecule has 0 aromatic heterocycles. The van der Waals surface area contributed by atoms with Gasteiger partial charge in [0.1, 0.15) is 0 Å². The molecule has 3 rings (SSSR count). The number of nitrogens with zero attached hydrogens (tertiary/aromatic N) is 1. The molecule has 2 aromatic carbocycles. The van der Waals surface area contributed by atoms with Crippen molar-refractivity contribution in [2.75, 3.05) is 30.4 Å². The van der Waals surface area contributed by atoms with Gasteiger partial charge >= 0.3 is 0 Å². The van der Waals surface area contributed by atoms with Crippen LogP contribution in [0.4, 0.5) is 5.69 Å². The molecule has 1 aliphatic heterocycles. The molecule has 0 saturated heterocycles. The number of carbonyl (C=O) groups is 1. The number of carbonyl (C=O) groups excluding carboxylic acids is 1. The first-order valence-electron chi connectivity index (χ1n) is 9.21. The number of ether oxygens (including phenoxy) is 2. The molecule has 0 saturated carbocycles. The standard InChI is InChI=1S/C20H23ClN2O5S/c1-29(25,26)23(17-8-9-18-19(13-17)28-14-27-18)12-2-3-20(24)22-11-10-15-4-6-16(21)7-5-15/h4-9,13H,2-3,10-12,14H2,1H3,(H,22,24). The highest BCUT2D eigenvalue weighted by molar-refractivity contribution is 7.92. The number of hydrogen-bond acceptors (Lipinski definition) is 5. The van der Waals surface area contributed by atoms with Crippen molar-refractivity contribution in [1.82, 2.24) is 5.32 Å². The van der Waals surface area contributed by atoms with Crippen LogP contribution >= 0.6 is 11.6 Å². The van der Waals surface area contributed by atoms with Crippen LogP contribution in [0.3, 0.4) is 0 Å². The average Bonchev–Trinajstić information content (AvgIpc) is 3.13. The van der Waals surface area contributed by atoms with Crippen molar-refractivity contribution in [3.05, 3.63) is 53.1 Å². The molecule has 0 fully saturated rings. The molecule has 0 atom stereocenters. The van der Waals surface area contributed by atoms with Crippen LogP contribution in [0, 0.1) is 0 Å². The van der Waals surface area contributed by atoms with E-state index in [9.17, 15) is 13.2 Å². The normalized spacial score (nSPS) is 12.6. The summed E-state index contributed by atoms with van der Waals surface area (Å²) in [6.07, 6.45) is 2.48. The van der Waals surface area contributed by atoms with Crippen molar-refractivity contribution in [1.29, 1.82) is 0 Å². The number of nitrogens with one attached hydrogen (secondary N) is 1. The number of amides is 1. The van der Waals surface area contributed by atoms with Gasteiger partial charge in [-0.05, 0) is 42.7 Å². The number of benzene rings is 2. The summed E-state index contributed by atoms with van der Waals surface area (Å²) < 4.78 is 36.3. The highest BCUT2D eigenvalue weighted by Gasteiger charge is 2.21. The summed E-state index contributed by atoms with van der Waals surface area (Å²) in [5.41, 5.74) is 1.57. The maximum absolute atomic E-state index is 12.2. The lowest BCUT2D eigenvalue weighted by Gasteiger charge is -2.22. The second kappa shape index (κ2) is 9.37. The number of rotatable bonds is 9. The fraction of sp³-hybridized carbons (Fsp3) is 0.350. The predicted molar refractivity (Wildman–Crippen MR) is 112 cm³/mol. The quantitative estimate of drug-likeness (QED) is 0.650. The Kier molecular flexibility index (Phi) is 6.87. The molecule has 0 unspecified atom stereocenters. The van der Waals surface area contributed by atoms with E-state index in [-0.39, 0.29) is 25.7 Å². The summed E-state index contributed by atoms with van der Waals surface area (Å²) >= 11 is 5.85. The van der Waals surface area contributed by atoms with Crippen molar-refractivity contribution < 1.29 is 22.7 Å². The number of sulfonamides is 1. The summed E-state index contributed by atoms with van der Waals surface area (Å²) in [5, 5.41) is 3.53. The smallest absolute Gasteiger partial charge is 0.232 e. The lowest BCUT2D eigenvalue weighted by Crippen LogP contribution is -2.32. The Morgan fingerprint density at radius 1 is 1.14 bits per heavy atom. The molecule has 1 N–H and O–H groups in total. The van der Waals surface area contributed by atoms with Crippen LogP contribution in [-0.4, -0.2) is 40.5 Å². The van der Waals surface area contributed by atoms with Gasteiger partial charge in [0.2, 0.25) is 22.7 Å². The second-order valence-corrected chi connectivity index (χ2v) is 9.05. The molecule has 7 nitrogen and oxygen atoms in total. The Labute approximate surface area is 175 Å². The first kappa shape index (κ1) is 21.3. The van der Waals surface area contributed by atoms with E-state index in [2.05, 4.69) is 5.32 Å². The van der Waals surface area contributed by atoms with Gasteiger partial charge < -0.3 is 14.8 Å². The van der Waals surface area contributed by atoms with Crippen molar-refractivity contribution in [3.63, 3.8) is 0 Å². The Morgan fingerprint density at radius 3 is 2.59 bits per heavy atom. The zero-order chi connectivity index (χ0) is 20.9. The van der Waals surface area contributed by atoms with E-state index in [4.69, 9.17) is 21.1 Å². The van der Waals surface area contributed by atoms with E-state index >= 15 is 0 Å². The van der Waals surface area contributed by atoms with Gasteiger partial charge in [0.25, 0.3) is 0 Å². The van der Waals surface area contributed by atoms with Crippen LogP contribution in [0.15, 0.2) is 42.5 Å². The van der Waals surface area contributed by atoms with E-state index in [1.165, 1.54) is 4.31 Å². The van der Waals surface area contributed by atoms with E-state index < -0.39 is 10.0 Å². The summed E-state index contributed by atoms with van der Waals surface area (Å²) in [5.74, 6) is 0.983. The molecular weight excluding hydrogens is 416 g/mol. The summed E-state index contributed by atoms with van der Waals surface area (Å²) in [4.78, 5) is 12.1. The van der Waals surface area contributed by atoms with Gasteiger partial charge in [0, 0.05) is 30.6 Å². The highest BCUT2D eigenvalue weighted by Crippen LogP contribution is 2.36. The molecule has 0 spiro atoms. The third-order valence-electron chi connectivity index (χ3n) is 4.46. The average molecular weight is 439 g/mol. The predicted octanol–water partition coefficient (Wildman–Crippen LogP) is 2.97. The van der Waals surface area contributed by atoms with Crippen molar-refractivity contribution >= 4 is 33.2 Å². The number of hydrogen-bond donors (Lipinski definition) is 1. The molecule has 1 aliphatic rings. The lowest BCUT2D eigenvalue weighted by atomic mass is 10.1. The van der Waals surface area contributed by atoms with Crippen LogP contribution in [0.5, 0.6) is 11.5 Å². The van der Waals surface area contributed by atoms with Crippen molar-refractivity contribution in [2.24, 2.45) is 0 Å². The molecule has 0 aliphatic carbocycles. The first-order chi connectivity index (χ1) is 13.8. The molecule has 156 valence electrons. The molecule has 1 amide bonds. The van der Waals surface area contributed by atoms with E-state index in [1.807, 2.05) is 24.3 Å². The molecule has 9 heteroatoms. The van der Waals surface area contributed by atoms with E-state index in [0.29, 0.717) is 41.6 Å². The number of fused-ring (bicyclic) bond motifs is 1. The van der Waals surface area contributed by atoms with Gasteiger partial charge in [-0.3, -0.25) is 9.10 Å². The fourth-order valence-corrected chi connectivity index (χ4v) is 4.08. The number of halogens is 1. The van der Waals surface area contributed by atoms with Crippen LogP contribution in [0.2, 0.25) is 5.02 Å². The summed E-state index contributed by atoms with van der Waals surface area (Å²) in [6.45, 7) is 0.829. The summed E-state index contributed by atoms with van der Waals surface area (Å²) in [7, 11) is -3.50. The molecule has 29 heavy (non-hydrogen) atoms. The van der Waals surface area contributed by atoms with Crippen LogP contribution in [0.1, 0.15) is 18.4 Å². The number of anilines is 1. The maximum Gasteiger partial charge on any atom is 0.232 e. The Balaban J connectivity index is 1.48. The SMILES string of the molecule is CS(=O)(=O)N(CCCC(=O)NCCc1ccc(Cl)cc1)c1ccc2c(c1)OCO2. The zero-order valence-corrected chi connectivity index (χ0v) is 17.6. The Hall–Kier alpha value is -2.45. The van der Waals surface area contributed by atoms with Crippen molar-refractivity contribution in [2.45, 2.75) is 19.3 Å². The van der Waals surface area contributed by atoms with Gasteiger partial charge in [0.15, 0.2) is 11.5 Å². The lowest BCUT2D eigenvalue weighted by molar-refractivity contribution is -0.121. The largest absolute Gasteiger partial charge is 0.454 e. The molecule has 2 aromatic rings. The maximum atomic E-state index is 12.2. The van der Waals surface area contributed by atoms with Crippen molar-refractivity contribution in [3.8, 4) is 11.5 Å². The summed E-state index contributed by atoms with van der Waals surface area (Å²) in [6, 6.07) is 12.5. The second-order valence-electron chi connectivity index (χ2n) is 6.70. The van der Waals surface area contributed by atoms with Crippen LogP contribution in [0.25, 0.3) is 0 Å². The first-order valence-corrected chi connectivity index (χ1v) is 11.4. The van der Waals surface area contributed by atoms with Gasteiger partial charge in [-0.15, -0.1) is 0 Å². The van der Waals surface area contributed by atoms with Gasteiger partial charge in [-0.2, -0.15) is 0 Å². The minimum atomic E-state index is -3.50. The minimum Gasteiger partial charge on any atom is -0.454 e. The Bertz CT molecular complexity index is 963. The topological polar surface area (TPSA) is 84.9 Å². The van der Waals surface area contributed by atoms with E-state index in [1.54, 1.807) is 18.2 Å². The third-order valence-corrected chi connectivity index (χ3v) is 5.90. The Morgan fingerprint density at radius 2 is 1.86 bits per heavy atom. The van der Waals surface area contributed by atoms with Gasteiger partial charge in [0.05, 0.1) is 11.9 Å². The monoisotopic (exact) mass is 438 g/mol. The van der Waals surface area contributed by atoms with E-state index in [0.717, 1.165) is 11.8 Å². The van der Waals surface area contributed by atoms with Gasteiger partial charge in [-0.25, -0.2) is 8.42 Å². The zero-order valence-electron chi connectivity index (χ0n) is 16.1. The van der Waals surface area contributed by atoms with Crippen LogP contribution < -0.4 is 19.1 Å².